The molecule has 1 fully saturated rings. The number of rotatable bonds is 3. The lowest BCUT2D eigenvalue weighted by molar-refractivity contribution is -0.139. The van der Waals surface area contributed by atoms with Gasteiger partial charge in [-0.15, -0.1) is 0 Å². The number of aliphatic carboxylic acids is 1. The molecular weight excluding hydrogens is 423 g/mol. The number of anilines is 1. The van der Waals surface area contributed by atoms with Crippen molar-refractivity contribution in [2.24, 2.45) is 5.41 Å². The van der Waals surface area contributed by atoms with Crippen molar-refractivity contribution in [3.63, 3.8) is 0 Å². The standard InChI is InChI=1S/C23H24Cl2N2O3/c1-22(2,3)11-17-23(15-8-7-14(25)10-16(15)26-21(23)30)18(19(27-17)20(28)29)12-5-4-6-13(24)9-12/h4-10,17-19,27H,11H2,1-3H3,(H,26,30)(H,28,29)/t17-,18-,19+,23?/m0/s1. The molecule has 4 rings (SSSR count). The SMILES string of the molecule is CC(C)(C)C[C@@H]1N[C@@H](C(=O)O)[C@H](c2cccc(Cl)c2)C12C(=O)Nc1cc(Cl)ccc12. The predicted molar refractivity (Wildman–Crippen MR) is 118 cm³/mol. The molecule has 30 heavy (non-hydrogen) atoms. The molecule has 4 atom stereocenters. The van der Waals surface area contributed by atoms with E-state index in [2.05, 4.69) is 31.4 Å². The average molecular weight is 447 g/mol. The highest BCUT2D eigenvalue weighted by Gasteiger charge is 2.65. The van der Waals surface area contributed by atoms with Crippen molar-refractivity contribution in [3.8, 4) is 0 Å². The highest BCUT2D eigenvalue weighted by molar-refractivity contribution is 6.31. The summed E-state index contributed by atoms with van der Waals surface area (Å²) in [6, 6.07) is 11.1. The van der Waals surface area contributed by atoms with Gasteiger partial charge >= 0.3 is 5.97 Å². The van der Waals surface area contributed by atoms with Crippen molar-refractivity contribution in [1.29, 1.82) is 0 Å². The molecule has 3 N–H and O–H groups in total. The summed E-state index contributed by atoms with van der Waals surface area (Å²) in [5.41, 5.74) is 0.892. The minimum absolute atomic E-state index is 0.133. The van der Waals surface area contributed by atoms with E-state index in [-0.39, 0.29) is 17.4 Å². The maximum atomic E-state index is 13.7. The minimum Gasteiger partial charge on any atom is -0.480 e. The molecule has 1 unspecified atom stereocenters. The van der Waals surface area contributed by atoms with E-state index >= 15 is 0 Å². The Morgan fingerprint density at radius 3 is 2.47 bits per heavy atom. The Balaban J connectivity index is 2.00. The molecule has 7 heteroatoms. The molecule has 0 bridgehead atoms. The number of carbonyl (C=O) groups excluding carboxylic acids is 1. The molecule has 2 heterocycles. The highest BCUT2D eigenvalue weighted by atomic mass is 35.5. The molecule has 2 aromatic rings. The van der Waals surface area contributed by atoms with Gasteiger partial charge in [0.2, 0.25) is 5.91 Å². The number of hydrogen-bond acceptors (Lipinski definition) is 3. The van der Waals surface area contributed by atoms with Gasteiger partial charge in [0.1, 0.15) is 11.5 Å². The number of halogens is 2. The van der Waals surface area contributed by atoms with Gasteiger partial charge in [-0.25, -0.2) is 0 Å². The fraction of sp³-hybridized carbons (Fsp3) is 0.391. The Hall–Kier alpha value is -2.08. The predicted octanol–water partition coefficient (Wildman–Crippen LogP) is 4.83. The first-order valence-electron chi connectivity index (χ1n) is 9.90. The van der Waals surface area contributed by atoms with Gasteiger partial charge in [0.25, 0.3) is 0 Å². The van der Waals surface area contributed by atoms with Crippen LogP contribution in [-0.4, -0.2) is 29.1 Å². The van der Waals surface area contributed by atoms with E-state index in [1.807, 2.05) is 12.1 Å². The van der Waals surface area contributed by atoms with Crippen molar-refractivity contribution < 1.29 is 14.7 Å². The van der Waals surface area contributed by atoms with Crippen molar-refractivity contribution >= 4 is 40.8 Å². The zero-order valence-corrected chi connectivity index (χ0v) is 18.5. The third-order valence-corrected chi connectivity index (χ3v) is 6.57. The van der Waals surface area contributed by atoms with Crippen LogP contribution in [0.2, 0.25) is 10.0 Å². The number of carboxylic acid groups (broad SMARTS) is 1. The van der Waals surface area contributed by atoms with Gasteiger partial charge in [0.05, 0.1) is 0 Å². The molecule has 0 radical (unpaired) electrons. The van der Waals surface area contributed by atoms with Gasteiger partial charge in [-0.2, -0.15) is 0 Å². The lowest BCUT2D eigenvalue weighted by Gasteiger charge is -2.37. The van der Waals surface area contributed by atoms with Gasteiger partial charge in [0.15, 0.2) is 0 Å². The molecule has 5 nitrogen and oxygen atoms in total. The topological polar surface area (TPSA) is 78.4 Å². The first-order chi connectivity index (χ1) is 14.0. The number of fused-ring (bicyclic) bond motifs is 2. The van der Waals surface area contributed by atoms with Gasteiger partial charge in [0, 0.05) is 27.7 Å². The van der Waals surface area contributed by atoms with E-state index < -0.39 is 23.3 Å². The van der Waals surface area contributed by atoms with Crippen LogP contribution in [0.1, 0.15) is 44.2 Å². The minimum atomic E-state index is -1.10. The van der Waals surface area contributed by atoms with Crippen LogP contribution in [0.4, 0.5) is 5.69 Å². The lowest BCUT2D eigenvalue weighted by atomic mass is 9.62. The third-order valence-electron chi connectivity index (χ3n) is 6.10. The lowest BCUT2D eigenvalue weighted by Crippen LogP contribution is -2.49. The van der Waals surface area contributed by atoms with E-state index in [9.17, 15) is 14.7 Å². The van der Waals surface area contributed by atoms with Crippen molar-refractivity contribution in [3.05, 3.63) is 63.6 Å². The smallest absolute Gasteiger partial charge is 0.321 e. The van der Waals surface area contributed by atoms with Crippen molar-refractivity contribution in [1.82, 2.24) is 5.32 Å². The van der Waals surface area contributed by atoms with Crippen LogP contribution in [-0.2, 0) is 15.0 Å². The van der Waals surface area contributed by atoms with E-state index in [1.54, 1.807) is 30.3 Å². The number of nitrogens with one attached hydrogen (secondary N) is 2. The zero-order valence-electron chi connectivity index (χ0n) is 17.0. The second-order valence-corrected chi connectivity index (χ2v) is 10.2. The monoisotopic (exact) mass is 446 g/mol. The van der Waals surface area contributed by atoms with Crippen LogP contribution in [0.3, 0.4) is 0 Å². The molecule has 2 aliphatic rings. The summed E-state index contributed by atoms with van der Waals surface area (Å²) < 4.78 is 0. The number of amides is 1. The van der Waals surface area contributed by atoms with E-state index in [0.29, 0.717) is 22.2 Å². The maximum Gasteiger partial charge on any atom is 0.321 e. The molecule has 0 saturated carbocycles. The quantitative estimate of drug-likeness (QED) is 0.630. The molecule has 0 aliphatic carbocycles. The van der Waals surface area contributed by atoms with Crippen LogP contribution in [0.15, 0.2) is 42.5 Å². The fourth-order valence-electron chi connectivity index (χ4n) is 5.11. The Kier molecular flexibility index (Phi) is 5.12. The Morgan fingerprint density at radius 1 is 1.13 bits per heavy atom. The average Bonchev–Trinajstić information content (AvgIpc) is 3.10. The first-order valence-corrected chi connectivity index (χ1v) is 10.7. The van der Waals surface area contributed by atoms with E-state index in [1.165, 1.54) is 0 Å². The van der Waals surface area contributed by atoms with Crippen molar-refractivity contribution in [2.45, 2.75) is 50.6 Å². The summed E-state index contributed by atoms with van der Waals surface area (Å²) in [5.74, 6) is -1.84. The molecule has 1 amide bonds. The summed E-state index contributed by atoms with van der Waals surface area (Å²) >= 11 is 12.4. The molecule has 158 valence electrons. The molecule has 1 spiro atoms. The number of benzene rings is 2. The maximum absolute atomic E-state index is 13.7. The molecule has 1 saturated heterocycles. The zero-order chi connectivity index (χ0) is 21.8. The Morgan fingerprint density at radius 2 is 1.83 bits per heavy atom. The van der Waals surface area contributed by atoms with Gasteiger partial charge in [-0.1, -0.05) is 62.2 Å². The first kappa shape index (κ1) is 21.2. The van der Waals surface area contributed by atoms with Gasteiger partial charge < -0.3 is 10.4 Å². The van der Waals surface area contributed by atoms with Crippen LogP contribution in [0.25, 0.3) is 0 Å². The second kappa shape index (κ2) is 7.26. The van der Waals surface area contributed by atoms with Crippen LogP contribution >= 0.6 is 23.2 Å². The second-order valence-electron chi connectivity index (χ2n) is 9.35. The number of carboxylic acids is 1. The normalized spacial score (nSPS) is 27.9. The molecule has 0 aromatic heterocycles. The summed E-state index contributed by atoms with van der Waals surface area (Å²) in [6.45, 7) is 6.25. The molecular formula is C23H24Cl2N2O3. The summed E-state index contributed by atoms with van der Waals surface area (Å²) in [4.78, 5) is 26.0. The largest absolute Gasteiger partial charge is 0.480 e. The fourth-order valence-corrected chi connectivity index (χ4v) is 5.48. The summed E-state index contributed by atoms with van der Waals surface area (Å²) in [7, 11) is 0. The third kappa shape index (κ3) is 3.29. The van der Waals surface area contributed by atoms with Crippen molar-refractivity contribution in [2.75, 3.05) is 5.32 Å². The number of carbonyl (C=O) groups is 2. The Bertz CT molecular complexity index is 1030. The van der Waals surface area contributed by atoms with Gasteiger partial charge in [-0.3, -0.25) is 14.9 Å². The van der Waals surface area contributed by atoms with Gasteiger partial charge in [-0.05, 0) is 47.2 Å². The Labute approximate surface area is 185 Å². The summed E-state index contributed by atoms with van der Waals surface area (Å²) in [5, 5.41) is 17.4. The van der Waals surface area contributed by atoms with E-state index in [0.717, 1.165) is 11.1 Å². The van der Waals surface area contributed by atoms with E-state index in [4.69, 9.17) is 23.2 Å². The number of hydrogen-bond donors (Lipinski definition) is 3. The molecule has 2 aliphatic heterocycles. The summed E-state index contributed by atoms with van der Waals surface area (Å²) in [6.07, 6.45) is 0.614. The van der Waals surface area contributed by atoms with Crippen LogP contribution in [0.5, 0.6) is 0 Å². The van der Waals surface area contributed by atoms with Crippen LogP contribution in [0, 0.1) is 5.41 Å². The van der Waals surface area contributed by atoms with Crippen LogP contribution < -0.4 is 10.6 Å². The highest BCUT2D eigenvalue weighted by Crippen LogP contribution is 2.56. The molecule has 2 aromatic carbocycles.